The van der Waals surface area contributed by atoms with Crippen molar-refractivity contribution in [3.05, 3.63) is 23.2 Å². The number of methoxy groups -OCH3 is 1. The standard InChI is InChI=1S/C15H24N2O4/c1-12-14(15(18)19-2)10-13(21-12)11-16-4-3-5-17-6-8-20-9-7-17/h10,16H,3-9,11H2,1-2H3. The minimum Gasteiger partial charge on any atom is -0.465 e. The van der Waals surface area contributed by atoms with Gasteiger partial charge in [-0.05, 0) is 32.5 Å². The summed E-state index contributed by atoms with van der Waals surface area (Å²) in [7, 11) is 1.37. The molecule has 118 valence electrons. The Balaban J connectivity index is 1.65. The SMILES string of the molecule is COC(=O)c1cc(CNCCCN2CCOCC2)oc1C. The predicted molar refractivity (Wildman–Crippen MR) is 78.4 cm³/mol. The van der Waals surface area contributed by atoms with E-state index in [0.717, 1.165) is 51.6 Å². The Hall–Kier alpha value is -1.37. The highest BCUT2D eigenvalue weighted by atomic mass is 16.5. The molecule has 0 radical (unpaired) electrons. The van der Waals surface area contributed by atoms with Gasteiger partial charge in [0.15, 0.2) is 0 Å². The smallest absolute Gasteiger partial charge is 0.341 e. The molecule has 0 spiro atoms. The van der Waals surface area contributed by atoms with Crippen LogP contribution in [-0.4, -0.2) is 57.4 Å². The molecule has 0 atom stereocenters. The third kappa shape index (κ3) is 4.84. The molecule has 1 saturated heterocycles. The van der Waals surface area contributed by atoms with Crippen LogP contribution in [0, 0.1) is 6.92 Å². The van der Waals surface area contributed by atoms with Gasteiger partial charge in [-0.3, -0.25) is 4.90 Å². The van der Waals surface area contributed by atoms with E-state index < -0.39 is 0 Å². The van der Waals surface area contributed by atoms with Crippen LogP contribution in [0.5, 0.6) is 0 Å². The van der Waals surface area contributed by atoms with Crippen LogP contribution >= 0.6 is 0 Å². The number of nitrogens with one attached hydrogen (secondary N) is 1. The fraction of sp³-hybridized carbons (Fsp3) is 0.667. The minimum absolute atomic E-state index is 0.352. The third-order valence-electron chi connectivity index (χ3n) is 3.60. The van der Waals surface area contributed by atoms with E-state index in [9.17, 15) is 4.79 Å². The Labute approximate surface area is 125 Å². The Morgan fingerprint density at radius 2 is 2.19 bits per heavy atom. The zero-order valence-corrected chi connectivity index (χ0v) is 12.8. The summed E-state index contributed by atoms with van der Waals surface area (Å²) in [5.74, 6) is 1.01. The first kappa shape index (κ1) is 16.0. The highest BCUT2D eigenvalue weighted by Gasteiger charge is 2.15. The van der Waals surface area contributed by atoms with Gasteiger partial charge < -0.3 is 19.2 Å². The Morgan fingerprint density at radius 1 is 1.43 bits per heavy atom. The van der Waals surface area contributed by atoms with Gasteiger partial charge in [-0.1, -0.05) is 0 Å². The van der Waals surface area contributed by atoms with Gasteiger partial charge in [0.25, 0.3) is 0 Å². The van der Waals surface area contributed by atoms with E-state index in [4.69, 9.17) is 13.9 Å². The normalized spacial score (nSPS) is 16.1. The molecule has 2 rings (SSSR count). The molecule has 0 amide bonds. The monoisotopic (exact) mass is 296 g/mol. The number of hydrogen-bond acceptors (Lipinski definition) is 6. The van der Waals surface area contributed by atoms with Gasteiger partial charge >= 0.3 is 5.97 Å². The number of nitrogens with zero attached hydrogens (tertiary/aromatic N) is 1. The van der Waals surface area contributed by atoms with E-state index in [-0.39, 0.29) is 5.97 Å². The topological polar surface area (TPSA) is 63.9 Å². The Bertz CT molecular complexity index is 453. The average molecular weight is 296 g/mol. The maximum absolute atomic E-state index is 11.5. The van der Waals surface area contributed by atoms with Gasteiger partial charge in [0.2, 0.25) is 0 Å². The number of ether oxygens (including phenoxy) is 2. The molecule has 1 N–H and O–H groups in total. The maximum atomic E-state index is 11.5. The van der Waals surface area contributed by atoms with Crippen LogP contribution in [-0.2, 0) is 16.0 Å². The van der Waals surface area contributed by atoms with Crippen LogP contribution in [0.1, 0.15) is 28.3 Å². The molecule has 6 nitrogen and oxygen atoms in total. The number of aryl methyl sites for hydroxylation is 1. The van der Waals surface area contributed by atoms with Gasteiger partial charge in [0.05, 0.1) is 26.9 Å². The molecule has 0 saturated carbocycles. The van der Waals surface area contributed by atoms with Gasteiger partial charge in [-0.2, -0.15) is 0 Å². The second-order valence-electron chi connectivity index (χ2n) is 5.16. The molecule has 1 aromatic rings. The molecule has 6 heteroatoms. The molecule has 1 aliphatic rings. The third-order valence-corrected chi connectivity index (χ3v) is 3.60. The van der Waals surface area contributed by atoms with Crippen molar-refractivity contribution in [1.82, 2.24) is 10.2 Å². The van der Waals surface area contributed by atoms with E-state index in [0.29, 0.717) is 17.9 Å². The molecule has 0 aromatic carbocycles. The molecule has 2 heterocycles. The summed E-state index contributed by atoms with van der Waals surface area (Å²) in [5.41, 5.74) is 0.502. The first-order valence-corrected chi connectivity index (χ1v) is 7.39. The number of carbonyl (C=O) groups is 1. The van der Waals surface area contributed by atoms with Gasteiger partial charge in [-0.25, -0.2) is 4.79 Å². The van der Waals surface area contributed by atoms with E-state index in [2.05, 4.69) is 10.2 Å². The number of carbonyl (C=O) groups excluding carboxylic acids is 1. The summed E-state index contributed by atoms with van der Waals surface area (Å²) in [6.45, 7) is 8.14. The van der Waals surface area contributed by atoms with Crippen molar-refractivity contribution in [1.29, 1.82) is 0 Å². The highest BCUT2D eigenvalue weighted by molar-refractivity contribution is 5.90. The fourth-order valence-corrected chi connectivity index (χ4v) is 2.41. The number of hydrogen-bond donors (Lipinski definition) is 1. The molecule has 1 aliphatic heterocycles. The second-order valence-corrected chi connectivity index (χ2v) is 5.16. The van der Waals surface area contributed by atoms with Crippen molar-refractivity contribution in [2.75, 3.05) is 46.5 Å². The predicted octanol–water partition coefficient (Wildman–Crippen LogP) is 1.19. The highest BCUT2D eigenvalue weighted by Crippen LogP contribution is 2.15. The molecule has 1 aromatic heterocycles. The lowest BCUT2D eigenvalue weighted by Gasteiger charge is -2.26. The lowest BCUT2D eigenvalue weighted by atomic mass is 10.2. The summed E-state index contributed by atoms with van der Waals surface area (Å²) in [6, 6.07) is 1.75. The van der Waals surface area contributed by atoms with Crippen LogP contribution < -0.4 is 5.32 Å². The Kier molecular flexibility index (Phi) is 6.22. The lowest BCUT2D eigenvalue weighted by molar-refractivity contribution is 0.0374. The number of morpholine rings is 1. The van der Waals surface area contributed by atoms with Crippen molar-refractivity contribution < 1.29 is 18.7 Å². The van der Waals surface area contributed by atoms with Gasteiger partial charge in [0.1, 0.15) is 17.1 Å². The Morgan fingerprint density at radius 3 is 2.90 bits per heavy atom. The van der Waals surface area contributed by atoms with Gasteiger partial charge in [0, 0.05) is 13.1 Å². The molecular formula is C15H24N2O4. The van der Waals surface area contributed by atoms with Crippen molar-refractivity contribution in [2.45, 2.75) is 19.9 Å². The fourth-order valence-electron chi connectivity index (χ4n) is 2.41. The molecule has 21 heavy (non-hydrogen) atoms. The van der Waals surface area contributed by atoms with Crippen molar-refractivity contribution in [3.8, 4) is 0 Å². The average Bonchev–Trinajstić information content (AvgIpc) is 2.88. The van der Waals surface area contributed by atoms with Crippen molar-refractivity contribution in [2.24, 2.45) is 0 Å². The summed E-state index contributed by atoms with van der Waals surface area (Å²) in [5, 5.41) is 3.33. The van der Waals surface area contributed by atoms with Crippen LogP contribution in [0.15, 0.2) is 10.5 Å². The summed E-state index contributed by atoms with van der Waals surface area (Å²) < 4.78 is 15.6. The molecular weight excluding hydrogens is 272 g/mol. The van der Waals surface area contributed by atoms with Crippen LogP contribution in [0.3, 0.4) is 0 Å². The molecule has 1 fully saturated rings. The number of esters is 1. The second kappa shape index (κ2) is 8.17. The zero-order valence-electron chi connectivity index (χ0n) is 12.8. The first-order chi connectivity index (χ1) is 10.2. The lowest BCUT2D eigenvalue weighted by Crippen LogP contribution is -2.37. The quantitative estimate of drug-likeness (QED) is 0.602. The van der Waals surface area contributed by atoms with Crippen LogP contribution in [0.2, 0.25) is 0 Å². The van der Waals surface area contributed by atoms with Crippen LogP contribution in [0.4, 0.5) is 0 Å². The molecule has 0 bridgehead atoms. The number of rotatable bonds is 7. The van der Waals surface area contributed by atoms with Gasteiger partial charge in [-0.15, -0.1) is 0 Å². The molecule has 0 aliphatic carbocycles. The van der Waals surface area contributed by atoms with E-state index >= 15 is 0 Å². The van der Waals surface area contributed by atoms with E-state index in [1.54, 1.807) is 13.0 Å². The number of furan rings is 1. The van der Waals surface area contributed by atoms with E-state index in [1.807, 2.05) is 0 Å². The zero-order chi connectivity index (χ0) is 15.1. The van der Waals surface area contributed by atoms with Crippen molar-refractivity contribution in [3.63, 3.8) is 0 Å². The van der Waals surface area contributed by atoms with E-state index in [1.165, 1.54) is 7.11 Å². The largest absolute Gasteiger partial charge is 0.465 e. The summed E-state index contributed by atoms with van der Waals surface area (Å²) >= 11 is 0. The first-order valence-electron chi connectivity index (χ1n) is 7.39. The summed E-state index contributed by atoms with van der Waals surface area (Å²) in [4.78, 5) is 13.9. The van der Waals surface area contributed by atoms with Crippen molar-refractivity contribution >= 4 is 5.97 Å². The summed E-state index contributed by atoms with van der Waals surface area (Å²) in [6.07, 6.45) is 1.09. The van der Waals surface area contributed by atoms with Crippen LogP contribution in [0.25, 0.3) is 0 Å². The maximum Gasteiger partial charge on any atom is 0.341 e. The minimum atomic E-state index is -0.352. The molecule has 0 unspecified atom stereocenters.